The Morgan fingerprint density at radius 1 is 1.33 bits per heavy atom. The van der Waals surface area contributed by atoms with E-state index in [1.54, 1.807) is 24.5 Å². The van der Waals surface area contributed by atoms with Gasteiger partial charge in [0.05, 0.1) is 6.04 Å². The highest BCUT2D eigenvalue weighted by Crippen LogP contribution is 2.15. The molecule has 0 bridgehead atoms. The van der Waals surface area contributed by atoms with Crippen molar-refractivity contribution in [3.63, 3.8) is 0 Å². The average Bonchev–Trinajstić information content (AvgIpc) is 2.40. The molecule has 0 fully saturated rings. The molecule has 0 radical (unpaired) electrons. The first-order valence-electron chi connectivity index (χ1n) is 5.53. The SMILES string of the molecule is CC(NC(=O)c1ncccc1O)c1cccnc1. The molecule has 0 aliphatic heterocycles. The van der Waals surface area contributed by atoms with E-state index in [9.17, 15) is 9.90 Å². The van der Waals surface area contributed by atoms with Crippen LogP contribution in [0.4, 0.5) is 0 Å². The molecule has 1 atom stereocenters. The number of nitrogens with zero attached hydrogens (tertiary/aromatic N) is 2. The zero-order chi connectivity index (χ0) is 13.0. The molecule has 2 heterocycles. The third-order valence-corrected chi connectivity index (χ3v) is 2.53. The lowest BCUT2D eigenvalue weighted by Crippen LogP contribution is -2.27. The van der Waals surface area contributed by atoms with E-state index >= 15 is 0 Å². The molecule has 0 spiro atoms. The van der Waals surface area contributed by atoms with Crippen molar-refractivity contribution in [2.45, 2.75) is 13.0 Å². The van der Waals surface area contributed by atoms with Crippen molar-refractivity contribution in [1.29, 1.82) is 0 Å². The number of pyridine rings is 2. The van der Waals surface area contributed by atoms with Gasteiger partial charge in [0.1, 0.15) is 5.75 Å². The maximum absolute atomic E-state index is 11.9. The van der Waals surface area contributed by atoms with Gasteiger partial charge in [-0.05, 0) is 30.7 Å². The summed E-state index contributed by atoms with van der Waals surface area (Å²) in [5, 5.41) is 12.3. The second-order valence-electron chi connectivity index (χ2n) is 3.85. The molecule has 1 unspecified atom stereocenters. The maximum atomic E-state index is 11.9. The molecule has 2 rings (SSSR count). The molecular formula is C13H13N3O2. The summed E-state index contributed by atoms with van der Waals surface area (Å²) in [4.78, 5) is 19.7. The first-order valence-corrected chi connectivity index (χ1v) is 5.53. The lowest BCUT2D eigenvalue weighted by atomic mass is 10.1. The van der Waals surface area contributed by atoms with Gasteiger partial charge in [-0.25, -0.2) is 4.98 Å². The normalized spacial score (nSPS) is 11.8. The highest BCUT2D eigenvalue weighted by atomic mass is 16.3. The summed E-state index contributed by atoms with van der Waals surface area (Å²) in [6, 6.07) is 6.47. The van der Waals surface area contributed by atoms with Crippen molar-refractivity contribution in [1.82, 2.24) is 15.3 Å². The van der Waals surface area contributed by atoms with Crippen molar-refractivity contribution in [3.05, 3.63) is 54.1 Å². The molecule has 0 saturated carbocycles. The number of carbonyl (C=O) groups excluding carboxylic acids is 1. The fourth-order valence-corrected chi connectivity index (χ4v) is 1.55. The van der Waals surface area contributed by atoms with Crippen LogP contribution >= 0.6 is 0 Å². The van der Waals surface area contributed by atoms with E-state index in [0.29, 0.717) is 0 Å². The van der Waals surface area contributed by atoms with Crippen LogP contribution in [0.1, 0.15) is 29.0 Å². The maximum Gasteiger partial charge on any atom is 0.274 e. The van der Waals surface area contributed by atoms with Crippen molar-refractivity contribution in [3.8, 4) is 5.75 Å². The van der Waals surface area contributed by atoms with Crippen molar-refractivity contribution >= 4 is 5.91 Å². The van der Waals surface area contributed by atoms with E-state index in [1.807, 2.05) is 13.0 Å². The Labute approximate surface area is 105 Å². The van der Waals surface area contributed by atoms with E-state index in [2.05, 4.69) is 15.3 Å². The number of rotatable bonds is 3. The molecule has 0 saturated heterocycles. The van der Waals surface area contributed by atoms with E-state index in [4.69, 9.17) is 0 Å². The second-order valence-corrected chi connectivity index (χ2v) is 3.85. The Balaban J connectivity index is 2.11. The van der Waals surface area contributed by atoms with Gasteiger partial charge in [0.25, 0.3) is 5.91 Å². The van der Waals surface area contributed by atoms with Crippen LogP contribution in [-0.4, -0.2) is 21.0 Å². The van der Waals surface area contributed by atoms with Gasteiger partial charge in [-0.3, -0.25) is 9.78 Å². The van der Waals surface area contributed by atoms with Gasteiger partial charge in [0, 0.05) is 18.6 Å². The number of hydrogen-bond acceptors (Lipinski definition) is 4. The van der Waals surface area contributed by atoms with Crippen LogP contribution in [0.5, 0.6) is 5.75 Å². The quantitative estimate of drug-likeness (QED) is 0.859. The predicted molar refractivity (Wildman–Crippen MR) is 66.0 cm³/mol. The van der Waals surface area contributed by atoms with Gasteiger partial charge in [-0.15, -0.1) is 0 Å². The standard InChI is InChI=1S/C13H13N3O2/c1-9(10-4-2-6-14-8-10)16-13(18)12-11(17)5-3-7-15-12/h2-9,17H,1H3,(H,16,18). The van der Waals surface area contributed by atoms with Gasteiger partial charge in [0.15, 0.2) is 5.69 Å². The smallest absolute Gasteiger partial charge is 0.274 e. The van der Waals surface area contributed by atoms with Crippen molar-refractivity contribution in [2.24, 2.45) is 0 Å². The van der Waals surface area contributed by atoms with E-state index < -0.39 is 5.91 Å². The Morgan fingerprint density at radius 3 is 2.78 bits per heavy atom. The van der Waals surface area contributed by atoms with Crippen LogP contribution in [0.25, 0.3) is 0 Å². The number of amides is 1. The molecule has 92 valence electrons. The minimum atomic E-state index is -0.413. The first-order chi connectivity index (χ1) is 8.68. The van der Waals surface area contributed by atoms with Crippen LogP contribution in [0.2, 0.25) is 0 Å². The Hall–Kier alpha value is -2.43. The number of carbonyl (C=O) groups is 1. The number of aromatic hydroxyl groups is 1. The zero-order valence-corrected chi connectivity index (χ0v) is 9.87. The molecule has 0 aliphatic rings. The lowest BCUT2D eigenvalue weighted by molar-refractivity contribution is 0.0932. The molecule has 5 nitrogen and oxygen atoms in total. The number of nitrogens with one attached hydrogen (secondary N) is 1. The Kier molecular flexibility index (Phi) is 3.52. The summed E-state index contributed by atoms with van der Waals surface area (Å²) in [5.74, 6) is -0.544. The summed E-state index contributed by atoms with van der Waals surface area (Å²) in [7, 11) is 0. The first kappa shape index (κ1) is 12.0. The van der Waals surface area contributed by atoms with Crippen molar-refractivity contribution < 1.29 is 9.90 Å². The summed E-state index contributed by atoms with van der Waals surface area (Å²) in [6.45, 7) is 1.84. The minimum absolute atomic E-state index is 0.0215. The zero-order valence-electron chi connectivity index (χ0n) is 9.87. The summed E-state index contributed by atoms with van der Waals surface area (Å²) >= 11 is 0. The summed E-state index contributed by atoms with van der Waals surface area (Å²) in [5.41, 5.74) is 0.912. The van der Waals surface area contributed by atoms with Crippen LogP contribution in [0, 0.1) is 0 Å². The van der Waals surface area contributed by atoms with E-state index in [0.717, 1.165) is 5.56 Å². The van der Waals surface area contributed by atoms with Crippen LogP contribution in [-0.2, 0) is 0 Å². The van der Waals surface area contributed by atoms with Crippen LogP contribution < -0.4 is 5.32 Å². The third-order valence-electron chi connectivity index (χ3n) is 2.53. The minimum Gasteiger partial charge on any atom is -0.505 e. The predicted octanol–water partition coefficient (Wildman–Crippen LogP) is 1.67. The largest absolute Gasteiger partial charge is 0.505 e. The van der Waals surface area contributed by atoms with E-state index in [1.165, 1.54) is 12.3 Å². The fraction of sp³-hybridized carbons (Fsp3) is 0.154. The summed E-state index contributed by atoms with van der Waals surface area (Å²) < 4.78 is 0. The average molecular weight is 243 g/mol. The monoisotopic (exact) mass is 243 g/mol. The molecule has 2 aromatic heterocycles. The molecule has 2 aromatic rings. The van der Waals surface area contributed by atoms with Gasteiger partial charge >= 0.3 is 0 Å². The highest BCUT2D eigenvalue weighted by molar-refractivity contribution is 5.94. The van der Waals surface area contributed by atoms with Gasteiger partial charge in [-0.1, -0.05) is 6.07 Å². The fourth-order valence-electron chi connectivity index (χ4n) is 1.55. The van der Waals surface area contributed by atoms with Crippen molar-refractivity contribution in [2.75, 3.05) is 0 Å². The molecule has 0 aliphatic carbocycles. The Morgan fingerprint density at radius 2 is 2.11 bits per heavy atom. The van der Waals surface area contributed by atoms with Gasteiger partial charge < -0.3 is 10.4 Å². The molecule has 2 N–H and O–H groups in total. The lowest BCUT2D eigenvalue weighted by Gasteiger charge is -2.13. The highest BCUT2D eigenvalue weighted by Gasteiger charge is 2.15. The summed E-state index contributed by atoms with van der Waals surface area (Å²) in [6.07, 6.45) is 4.81. The van der Waals surface area contributed by atoms with E-state index in [-0.39, 0.29) is 17.5 Å². The number of hydrogen-bond donors (Lipinski definition) is 2. The molecule has 0 aromatic carbocycles. The van der Waals surface area contributed by atoms with Gasteiger partial charge in [0.2, 0.25) is 0 Å². The van der Waals surface area contributed by atoms with Gasteiger partial charge in [-0.2, -0.15) is 0 Å². The topological polar surface area (TPSA) is 75.1 Å². The molecule has 5 heteroatoms. The number of aromatic nitrogens is 2. The molecule has 1 amide bonds. The molecular weight excluding hydrogens is 230 g/mol. The van der Waals surface area contributed by atoms with Crippen LogP contribution in [0.3, 0.4) is 0 Å². The van der Waals surface area contributed by atoms with Crippen LogP contribution in [0.15, 0.2) is 42.9 Å². The molecule has 18 heavy (non-hydrogen) atoms. The third kappa shape index (κ3) is 2.63. The second kappa shape index (κ2) is 5.27. The Bertz CT molecular complexity index is 543.